The highest BCUT2D eigenvalue weighted by atomic mass is 35.5. The Labute approximate surface area is 239 Å². The van der Waals surface area contributed by atoms with Gasteiger partial charge in [0.1, 0.15) is 0 Å². The Morgan fingerprint density at radius 3 is 1.38 bits per heavy atom. The van der Waals surface area contributed by atoms with Crippen LogP contribution in [0.1, 0.15) is 47.8 Å². The molecule has 0 fully saturated rings. The number of nitrogens with one attached hydrogen (secondary N) is 2. The molecule has 2 N–H and O–H groups in total. The van der Waals surface area contributed by atoms with E-state index < -0.39 is 11.1 Å². The molecule has 0 bridgehead atoms. The summed E-state index contributed by atoms with van der Waals surface area (Å²) < 4.78 is 0. The quantitative estimate of drug-likeness (QED) is 0.263. The molecule has 0 saturated heterocycles. The average Bonchev–Trinajstić information content (AvgIpc) is 2.99. The van der Waals surface area contributed by atoms with Gasteiger partial charge in [0, 0.05) is 22.4 Å². The molecule has 194 valence electrons. The highest BCUT2D eigenvalue weighted by Gasteiger charge is 2.12. The van der Waals surface area contributed by atoms with Gasteiger partial charge in [-0.3, -0.25) is 14.4 Å². The Morgan fingerprint density at radius 1 is 0.575 bits per heavy atom. The van der Waals surface area contributed by atoms with E-state index in [1.807, 2.05) is 18.2 Å². The summed E-state index contributed by atoms with van der Waals surface area (Å²) in [4.78, 5) is 35.3. The van der Waals surface area contributed by atoms with Crippen LogP contribution >= 0.6 is 23.2 Å². The maximum Gasteiger partial charge on any atom is 0.255 e. The first-order chi connectivity index (χ1) is 19.2. The van der Waals surface area contributed by atoms with E-state index in [9.17, 15) is 14.4 Å². The van der Waals surface area contributed by atoms with Gasteiger partial charge in [0.05, 0.1) is 45.6 Å². The number of amides is 2. The minimum absolute atomic E-state index is 0.309. The zero-order chi connectivity index (χ0) is 29.1. The number of nitrogens with zero attached hydrogens (tertiary/aromatic N) is 3. The standard InChI is InChI=1S/C22H13ClN4O2.C8H4ClNO/c23-19-10-9-18(26-21(28)16-5-1-14(12-24)2-6-16)11-20(19)27-22(29)17-7-3-15(13-25)4-8-17;9-8(11)7-3-1-6(5-10)2-4-7/h1-11H,(H,26,28)(H,27,29);1-4H. The van der Waals surface area contributed by atoms with Crippen LogP contribution in [0.3, 0.4) is 0 Å². The first-order valence-electron chi connectivity index (χ1n) is 11.4. The molecule has 0 atom stereocenters. The van der Waals surface area contributed by atoms with Gasteiger partial charge >= 0.3 is 0 Å². The first kappa shape index (κ1) is 29.1. The SMILES string of the molecule is N#Cc1ccc(C(=O)Cl)cc1.N#Cc1ccc(C(=O)Nc2ccc(Cl)c(NC(=O)c3ccc(C#N)cc3)c2)cc1. The van der Waals surface area contributed by atoms with Crippen molar-refractivity contribution >= 4 is 51.6 Å². The summed E-state index contributed by atoms with van der Waals surface area (Å²) in [5.74, 6) is -0.756. The van der Waals surface area contributed by atoms with E-state index in [1.54, 1.807) is 66.7 Å². The first-order valence-corrected chi connectivity index (χ1v) is 12.1. The van der Waals surface area contributed by atoms with Gasteiger partial charge in [-0.25, -0.2) is 0 Å². The number of hydrogen-bond donors (Lipinski definition) is 2. The second-order valence-electron chi connectivity index (χ2n) is 7.94. The molecular weight excluding hydrogens is 549 g/mol. The van der Waals surface area contributed by atoms with E-state index >= 15 is 0 Å². The van der Waals surface area contributed by atoms with Gasteiger partial charge in [-0.1, -0.05) is 11.6 Å². The van der Waals surface area contributed by atoms with Crippen LogP contribution < -0.4 is 10.6 Å². The number of nitriles is 3. The number of anilines is 2. The van der Waals surface area contributed by atoms with E-state index in [4.69, 9.17) is 39.0 Å². The molecule has 4 rings (SSSR count). The van der Waals surface area contributed by atoms with Crippen LogP contribution in [0.2, 0.25) is 5.02 Å². The summed E-state index contributed by atoms with van der Waals surface area (Å²) in [5, 5.41) is 31.3. The predicted molar refractivity (Wildman–Crippen MR) is 151 cm³/mol. The summed E-state index contributed by atoms with van der Waals surface area (Å²) in [6.07, 6.45) is 0. The molecular formula is C30H17Cl2N5O3. The molecule has 0 spiro atoms. The largest absolute Gasteiger partial charge is 0.322 e. The smallest absolute Gasteiger partial charge is 0.255 e. The molecule has 0 aromatic heterocycles. The molecule has 4 aromatic rings. The number of rotatable bonds is 5. The monoisotopic (exact) mass is 565 g/mol. The van der Waals surface area contributed by atoms with Crippen molar-refractivity contribution in [1.82, 2.24) is 0 Å². The summed E-state index contributed by atoms with van der Waals surface area (Å²) >= 11 is 11.3. The van der Waals surface area contributed by atoms with Crippen LogP contribution in [0.15, 0.2) is 91.0 Å². The van der Waals surface area contributed by atoms with Crippen molar-refractivity contribution in [3.8, 4) is 18.2 Å². The minimum atomic E-state index is -0.505. The maximum atomic E-state index is 12.4. The number of carbonyl (C=O) groups excluding carboxylic acids is 3. The topological polar surface area (TPSA) is 147 Å². The minimum Gasteiger partial charge on any atom is -0.322 e. The normalized spacial score (nSPS) is 9.47. The molecule has 4 aromatic carbocycles. The molecule has 40 heavy (non-hydrogen) atoms. The predicted octanol–water partition coefficient (Wildman–Crippen LogP) is 6.53. The summed E-state index contributed by atoms with van der Waals surface area (Å²) in [6.45, 7) is 0. The van der Waals surface area contributed by atoms with Crippen molar-refractivity contribution in [1.29, 1.82) is 15.8 Å². The third-order valence-corrected chi connectivity index (χ3v) is 5.81. The molecule has 0 aliphatic carbocycles. The van der Waals surface area contributed by atoms with Gasteiger partial charge < -0.3 is 10.6 Å². The van der Waals surface area contributed by atoms with Gasteiger partial charge in [-0.2, -0.15) is 15.8 Å². The van der Waals surface area contributed by atoms with E-state index in [2.05, 4.69) is 10.6 Å². The lowest BCUT2D eigenvalue weighted by Crippen LogP contribution is -2.14. The highest BCUT2D eigenvalue weighted by Crippen LogP contribution is 2.26. The van der Waals surface area contributed by atoms with Crippen LogP contribution in [0.25, 0.3) is 0 Å². The Kier molecular flexibility index (Phi) is 10.1. The molecule has 2 amide bonds. The highest BCUT2D eigenvalue weighted by molar-refractivity contribution is 6.67. The number of hydrogen-bond acceptors (Lipinski definition) is 6. The molecule has 0 radical (unpaired) electrons. The van der Waals surface area contributed by atoms with Crippen molar-refractivity contribution < 1.29 is 14.4 Å². The average molecular weight is 566 g/mol. The zero-order valence-corrected chi connectivity index (χ0v) is 22.0. The van der Waals surface area contributed by atoms with Crippen LogP contribution in [-0.4, -0.2) is 17.1 Å². The van der Waals surface area contributed by atoms with Crippen LogP contribution in [0, 0.1) is 34.0 Å². The molecule has 8 nitrogen and oxygen atoms in total. The van der Waals surface area contributed by atoms with Gasteiger partial charge in [-0.05, 0) is 103 Å². The van der Waals surface area contributed by atoms with E-state index in [-0.39, 0.29) is 5.91 Å². The second kappa shape index (κ2) is 13.9. The lowest BCUT2D eigenvalue weighted by molar-refractivity contribution is 0.101. The Balaban J connectivity index is 0.000000336. The van der Waals surface area contributed by atoms with Gasteiger partial charge in [0.15, 0.2) is 0 Å². The second-order valence-corrected chi connectivity index (χ2v) is 8.69. The van der Waals surface area contributed by atoms with Gasteiger partial charge in [-0.15, -0.1) is 0 Å². The molecule has 0 heterocycles. The van der Waals surface area contributed by atoms with Crippen molar-refractivity contribution in [3.05, 3.63) is 129 Å². The Morgan fingerprint density at radius 2 is 0.975 bits per heavy atom. The van der Waals surface area contributed by atoms with E-state index in [1.165, 1.54) is 24.3 Å². The Hall–Kier alpha value is -5.46. The van der Waals surface area contributed by atoms with Crippen molar-refractivity contribution in [2.45, 2.75) is 0 Å². The lowest BCUT2D eigenvalue weighted by atomic mass is 10.1. The Bertz CT molecular complexity index is 1680. The van der Waals surface area contributed by atoms with Crippen LogP contribution in [0.4, 0.5) is 11.4 Å². The van der Waals surface area contributed by atoms with Crippen LogP contribution in [-0.2, 0) is 0 Å². The van der Waals surface area contributed by atoms with Crippen molar-refractivity contribution in [3.63, 3.8) is 0 Å². The molecule has 0 saturated carbocycles. The fraction of sp³-hybridized carbons (Fsp3) is 0. The number of halogens is 2. The van der Waals surface area contributed by atoms with Gasteiger partial charge in [0.2, 0.25) is 0 Å². The summed E-state index contributed by atoms with van der Waals surface area (Å²) in [6, 6.07) is 29.2. The summed E-state index contributed by atoms with van der Waals surface area (Å²) in [5.41, 5.74) is 3.37. The fourth-order valence-corrected chi connectivity index (χ4v) is 3.46. The fourth-order valence-electron chi connectivity index (χ4n) is 3.16. The van der Waals surface area contributed by atoms with E-state index in [0.717, 1.165) is 0 Å². The summed E-state index contributed by atoms with van der Waals surface area (Å²) in [7, 11) is 0. The third kappa shape index (κ3) is 8.02. The van der Waals surface area contributed by atoms with Gasteiger partial charge in [0.25, 0.3) is 17.1 Å². The molecule has 0 unspecified atom stereocenters. The molecule has 0 aliphatic heterocycles. The number of benzene rings is 4. The van der Waals surface area contributed by atoms with E-state index in [0.29, 0.717) is 49.8 Å². The lowest BCUT2D eigenvalue weighted by Gasteiger charge is -2.11. The molecule has 0 aliphatic rings. The molecule has 10 heteroatoms. The third-order valence-electron chi connectivity index (χ3n) is 5.27. The van der Waals surface area contributed by atoms with Crippen molar-refractivity contribution in [2.75, 3.05) is 10.6 Å². The number of carbonyl (C=O) groups is 3. The van der Waals surface area contributed by atoms with Crippen molar-refractivity contribution in [2.24, 2.45) is 0 Å². The van der Waals surface area contributed by atoms with Crippen LogP contribution in [0.5, 0.6) is 0 Å². The zero-order valence-electron chi connectivity index (χ0n) is 20.5. The maximum absolute atomic E-state index is 12.4.